The summed E-state index contributed by atoms with van der Waals surface area (Å²) in [5.74, 6) is -1.77. The van der Waals surface area contributed by atoms with E-state index in [4.69, 9.17) is 11.6 Å². The highest BCUT2D eigenvalue weighted by Crippen LogP contribution is 2.44. The second-order valence-electron chi connectivity index (χ2n) is 7.04. The molecular weight excluding hydrogens is 502 g/mol. The van der Waals surface area contributed by atoms with Gasteiger partial charge in [-0.05, 0) is 35.9 Å². The van der Waals surface area contributed by atoms with Crippen LogP contribution in [-0.2, 0) is 22.7 Å². The van der Waals surface area contributed by atoms with Crippen molar-refractivity contribution < 1.29 is 31.1 Å². The van der Waals surface area contributed by atoms with Gasteiger partial charge in [-0.2, -0.15) is 13.2 Å². The summed E-state index contributed by atoms with van der Waals surface area (Å²) in [6.45, 7) is -0.548. The summed E-state index contributed by atoms with van der Waals surface area (Å²) in [4.78, 5) is -0.283. The van der Waals surface area contributed by atoms with Crippen molar-refractivity contribution in [1.29, 1.82) is 0 Å². The first kappa shape index (κ1) is 23.3. The highest BCUT2D eigenvalue weighted by atomic mass is 35.5. The Morgan fingerprint density at radius 1 is 1.00 bits per heavy atom. The zero-order valence-electron chi connectivity index (χ0n) is 16.5. The summed E-state index contributed by atoms with van der Waals surface area (Å²) in [5, 5.41) is 10.5. The van der Waals surface area contributed by atoms with Gasteiger partial charge in [-0.15, -0.1) is 11.3 Å². The van der Waals surface area contributed by atoms with Gasteiger partial charge in [-0.25, -0.2) is 12.8 Å². The van der Waals surface area contributed by atoms with Crippen LogP contribution in [0.25, 0.3) is 10.1 Å². The molecule has 0 amide bonds. The number of sulfonamides is 1. The molecule has 1 heterocycles. The van der Waals surface area contributed by atoms with Crippen LogP contribution in [0.3, 0.4) is 0 Å². The summed E-state index contributed by atoms with van der Waals surface area (Å²) >= 11 is 7.53. The predicted octanol–water partition coefficient (Wildman–Crippen LogP) is 6.81. The molecule has 0 aliphatic heterocycles. The minimum absolute atomic E-state index is 0.0825. The summed E-state index contributed by atoms with van der Waals surface area (Å²) < 4.78 is 82.0. The van der Waals surface area contributed by atoms with E-state index in [0.717, 1.165) is 27.8 Å². The van der Waals surface area contributed by atoms with E-state index in [0.29, 0.717) is 22.2 Å². The second-order valence-corrected chi connectivity index (χ2v) is 10.3. The number of halogens is 5. The van der Waals surface area contributed by atoms with E-state index >= 15 is 0 Å². The molecule has 4 aromatic rings. The average molecular weight is 516 g/mol. The molecule has 0 bridgehead atoms. The number of hydrogen-bond donors (Lipinski definition) is 1. The molecule has 0 saturated heterocycles. The highest BCUT2D eigenvalue weighted by molar-refractivity contribution is 7.93. The maximum atomic E-state index is 13.8. The van der Waals surface area contributed by atoms with Crippen LogP contribution in [0.5, 0.6) is 5.75 Å². The minimum Gasteiger partial charge on any atom is -0.508 e. The zero-order chi connectivity index (χ0) is 24.0. The number of phenols is 1. The van der Waals surface area contributed by atoms with Gasteiger partial charge in [0, 0.05) is 16.2 Å². The molecule has 0 radical (unpaired) electrons. The van der Waals surface area contributed by atoms with E-state index in [9.17, 15) is 31.1 Å². The topological polar surface area (TPSA) is 57.6 Å². The first-order valence-electron chi connectivity index (χ1n) is 9.33. The third-order valence-electron chi connectivity index (χ3n) is 4.81. The molecule has 0 aliphatic carbocycles. The molecule has 1 aromatic heterocycles. The number of aromatic hydroxyl groups is 1. The Morgan fingerprint density at radius 3 is 2.39 bits per heavy atom. The lowest BCUT2D eigenvalue weighted by Gasteiger charge is -2.24. The van der Waals surface area contributed by atoms with Gasteiger partial charge >= 0.3 is 6.18 Å². The van der Waals surface area contributed by atoms with Gasteiger partial charge in [0.1, 0.15) is 16.6 Å². The molecule has 4 nitrogen and oxygen atoms in total. The van der Waals surface area contributed by atoms with Gasteiger partial charge in [0.25, 0.3) is 10.0 Å². The van der Waals surface area contributed by atoms with Crippen molar-refractivity contribution >= 4 is 48.0 Å². The number of benzene rings is 3. The summed E-state index contributed by atoms with van der Waals surface area (Å²) in [6.07, 6.45) is -4.95. The van der Waals surface area contributed by atoms with E-state index in [1.165, 1.54) is 18.2 Å². The van der Waals surface area contributed by atoms with Gasteiger partial charge < -0.3 is 5.11 Å². The first-order chi connectivity index (χ1) is 15.5. The number of nitrogens with zero attached hydrogens (tertiary/aromatic N) is 1. The molecule has 33 heavy (non-hydrogen) atoms. The van der Waals surface area contributed by atoms with E-state index in [1.54, 1.807) is 24.3 Å². The van der Waals surface area contributed by atoms with Crippen LogP contribution >= 0.6 is 22.9 Å². The Kier molecular flexibility index (Phi) is 6.02. The SMILES string of the molecule is O=S(=O)(c1cccc(O)c1)N(Cc1ccc(F)c(C(F)(F)F)c1)c1sc2ccccc2c1Cl. The molecule has 172 valence electrons. The van der Waals surface area contributed by atoms with E-state index < -0.39 is 34.1 Å². The Bertz CT molecular complexity index is 1450. The maximum absolute atomic E-state index is 13.8. The lowest BCUT2D eigenvalue weighted by atomic mass is 10.1. The largest absolute Gasteiger partial charge is 0.508 e. The molecule has 0 unspecified atom stereocenters. The number of rotatable bonds is 5. The van der Waals surface area contributed by atoms with Crippen molar-refractivity contribution in [2.24, 2.45) is 0 Å². The van der Waals surface area contributed by atoms with Gasteiger partial charge in [0.2, 0.25) is 0 Å². The van der Waals surface area contributed by atoms with E-state index in [2.05, 4.69) is 0 Å². The summed E-state index contributed by atoms with van der Waals surface area (Å²) in [5.41, 5.74) is -1.60. The van der Waals surface area contributed by atoms with Crippen molar-refractivity contribution in [3.8, 4) is 5.75 Å². The van der Waals surface area contributed by atoms with E-state index in [1.807, 2.05) is 0 Å². The van der Waals surface area contributed by atoms with Gasteiger partial charge in [0.15, 0.2) is 0 Å². The molecule has 0 spiro atoms. The number of thiophene rings is 1. The number of hydrogen-bond acceptors (Lipinski definition) is 4. The van der Waals surface area contributed by atoms with Crippen LogP contribution < -0.4 is 4.31 Å². The van der Waals surface area contributed by atoms with Crippen LogP contribution in [0, 0.1) is 5.82 Å². The van der Waals surface area contributed by atoms with E-state index in [-0.39, 0.29) is 26.2 Å². The van der Waals surface area contributed by atoms with Crippen molar-refractivity contribution in [2.45, 2.75) is 17.6 Å². The molecule has 0 atom stereocenters. The van der Waals surface area contributed by atoms with Gasteiger partial charge in [-0.1, -0.05) is 41.9 Å². The first-order valence-corrected chi connectivity index (χ1v) is 12.0. The normalized spacial score (nSPS) is 12.3. The third kappa shape index (κ3) is 4.50. The smallest absolute Gasteiger partial charge is 0.419 e. The van der Waals surface area contributed by atoms with Crippen LogP contribution in [0.2, 0.25) is 5.02 Å². The fraction of sp³-hybridized carbons (Fsp3) is 0.0909. The Morgan fingerprint density at radius 2 is 1.73 bits per heavy atom. The third-order valence-corrected chi connectivity index (χ3v) is 8.36. The molecule has 0 fully saturated rings. The Labute approximate surface area is 195 Å². The second kappa shape index (κ2) is 8.51. The Hall–Kier alpha value is -2.82. The van der Waals surface area contributed by atoms with Crippen molar-refractivity contribution in [3.63, 3.8) is 0 Å². The number of fused-ring (bicyclic) bond motifs is 1. The standard InChI is InChI=1S/C22H14ClF4NO3S2/c23-20-16-6-1-2-7-19(16)32-21(20)28(33(30,31)15-5-3-4-14(29)11-15)12-13-8-9-18(24)17(10-13)22(25,26)27/h1-11,29H,12H2. The highest BCUT2D eigenvalue weighted by Gasteiger charge is 2.35. The van der Waals surface area contributed by atoms with Crippen molar-refractivity contribution in [3.05, 3.63) is 88.7 Å². The van der Waals surface area contributed by atoms with Gasteiger partial charge in [0.05, 0.1) is 22.0 Å². The minimum atomic E-state index is -4.95. The predicted molar refractivity (Wildman–Crippen MR) is 120 cm³/mol. The Balaban J connectivity index is 1.89. The molecule has 0 aliphatic rings. The molecular formula is C22H14ClF4NO3S2. The van der Waals surface area contributed by atoms with Gasteiger partial charge in [-0.3, -0.25) is 4.31 Å². The molecule has 4 rings (SSSR count). The fourth-order valence-corrected chi connectivity index (χ4v) is 6.55. The van der Waals surface area contributed by atoms with Crippen molar-refractivity contribution in [1.82, 2.24) is 0 Å². The summed E-state index contributed by atoms with van der Waals surface area (Å²) in [7, 11) is -4.38. The van der Waals surface area contributed by atoms with Crippen LogP contribution in [0.1, 0.15) is 11.1 Å². The molecule has 0 saturated carbocycles. The van der Waals surface area contributed by atoms with Crippen LogP contribution in [0.4, 0.5) is 22.6 Å². The monoisotopic (exact) mass is 515 g/mol. The lowest BCUT2D eigenvalue weighted by molar-refractivity contribution is -0.140. The molecule has 3 aromatic carbocycles. The fourth-order valence-electron chi connectivity index (χ4n) is 3.25. The van der Waals surface area contributed by atoms with Crippen LogP contribution in [0.15, 0.2) is 71.6 Å². The van der Waals surface area contributed by atoms with Crippen LogP contribution in [-0.4, -0.2) is 13.5 Å². The average Bonchev–Trinajstić information content (AvgIpc) is 3.08. The zero-order valence-corrected chi connectivity index (χ0v) is 18.9. The molecule has 11 heteroatoms. The van der Waals surface area contributed by atoms with Crippen molar-refractivity contribution in [2.75, 3.05) is 4.31 Å². The summed E-state index contributed by atoms with van der Waals surface area (Å²) in [6, 6.07) is 14.0. The quantitative estimate of drug-likeness (QED) is 0.297. The number of phenolic OH excluding ortho intramolecular Hbond substituents is 1. The number of alkyl halides is 3. The maximum Gasteiger partial charge on any atom is 0.419 e. The molecule has 1 N–H and O–H groups in total. The lowest BCUT2D eigenvalue weighted by Crippen LogP contribution is -2.30. The number of anilines is 1.